The van der Waals surface area contributed by atoms with Gasteiger partial charge in [-0.3, -0.25) is 4.79 Å². The second kappa shape index (κ2) is 8.55. The Morgan fingerprint density at radius 3 is 2.85 bits per heavy atom. The van der Waals surface area contributed by atoms with E-state index in [4.69, 9.17) is 9.47 Å². The highest BCUT2D eigenvalue weighted by atomic mass is 16.5. The highest BCUT2D eigenvalue weighted by molar-refractivity contribution is 5.69. The molecule has 1 unspecified atom stereocenters. The normalized spacial score (nSPS) is 13.6. The van der Waals surface area contributed by atoms with Crippen LogP contribution in [0.2, 0.25) is 0 Å². The summed E-state index contributed by atoms with van der Waals surface area (Å²) in [5.41, 5.74) is 1.06. The summed E-state index contributed by atoms with van der Waals surface area (Å²) in [5.74, 6) is 0.416. The van der Waals surface area contributed by atoms with Gasteiger partial charge in [-0.05, 0) is 31.5 Å². The molecule has 0 bridgehead atoms. The minimum absolute atomic E-state index is 0.00563. The summed E-state index contributed by atoms with van der Waals surface area (Å²) in [4.78, 5) is 11.2. The molecule has 0 radical (unpaired) electrons. The van der Waals surface area contributed by atoms with Gasteiger partial charge in [0.05, 0.1) is 26.2 Å². The predicted molar refractivity (Wildman–Crippen MR) is 76.7 cm³/mol. The van der Waals surface area contributed by atoms with E-state index in [-0.39, 0.29) is 18.4 Å². The van der Waals surface area contributed by atoms with Crippen LogP contribution in [0, 0.1) is 0 Å². The molecule has 1 rings (SSSR count). The number of rotatable bonds is 8. The lowest BCUT2D eigenvalue weighted by Gasteiger charge is -2.17. The van der Waals surface area contributed by atoms with Crippen LogP contribution in [0.1, 0.15) is 31.9 Å². The molecule has 2 atom stereocenters. The Kier molecular flexibility index (Phi) is 7.04. The van der Waals surface area contributed by atoms with Gasteiger partial charge in [0, 0.05) is 12.6 Å². The molecule has 0 aliphatic rings. The monoisotopic (exact) mass is 281 g/mol. The molecule has 0 heterocycles. The molecule has 2 N–H and O–H groups in total. The quantitative estimate of drug-likeness (QED) is 0.709. The van der Waals surface area contributed by atoms with Crippen molar-refractivity contribution in [1.82, 2.24) is 5.32 Å². The maximum atomic E-state index is 11.2. The van der Waals surface area contributed by atoms with Crippen molar-refractivity contribution in [3.8, 4) is 5.75 Å². The molecule has 1 aromatic rings. The summed E-state index contributed by atoms with van der Waals surface area (Å²) in [7, 11) is 1.63. The smallest absolute Gasteiger partial charge is 0.308 e. The largest absolute Gasteiger partial charge is 0.497 e. The number of carbonyl (C=O) groups is 1. The zero-order chi connectivity index (χ0) is 15.0. The third-order valence-corrected chi connectivity index (χ3v) is 2.96. The van der Waals surface area contributed by atoms with Gasteiger partial charge in [0.15, 0.2) is 0 Å². The molecule has 5 heteroatoms. The van der Waals surface area contributed by atoms with E-state index in [1.165, 1.54) is 0 Å². The average Bonchev–Trinajstić information content (AvgIpc) is 2.45. The van der Waals surface area contributed by atoms with Crippen molar-refractivity contribution in [1.29, 1.82) is 0 Å². The van der Waals surface area contributed by atoms with Gasteiger partial charge >= 0.3 is 5.97 Å². The summed E-state index contributed by atoms with van der Waals surface area (Å²) in [6.45, 7) is 4.40. The van der Waals surface area contributed by atoms with Crippen LogP contribution in [0.4, 0.5) is 0 Å². The second-order valence-corrected chi connectivity index (χ2v) is 4.57. The number of benzene rings is 1. The molecule has 0 saturated carbocycles. The molecule has 0 fully saturated rings. The molecular formula is C15H23NO4. The Bertz CT molecular complexity index is 422. The third-order valence-electron chi connectivity index (χ3n) is 2.96. The molecule has 0 amide bonds. The molecule has 112 valence electrons. The number of hydrogen-bond acceptors (Lipinski definition) is 5. The van der Waals surface area contributed by atoms with E-state index in [0.717, 1.165) is 11.3 Å². The SMILES string of the molecule is CCOC(=O)CC(O)CN[C@@H](C)c1cccc(OC)c1. The molecule has 0 spiro atoms. The Balaban J connectivity index is 2.42. The number of carbonyl (C=O) groups excluding carboxylic acids is 1. The van der Waals surface area contributed by atoms with Crippen LogP contribution in [-0.2, 0) is 9.53 Å². The highest BCUT2D eigenvalue weighted by Crippen LogP contribution is 2.18. The summed E-state index contributed by atoms with van der Waals surface area (Å²) in [5, 5.41) is 12.9. The first kappa shape index (κ1) is 16.5. The van der Waals surface area contributed by atoms with Gasteiger partial charge in [0.1, 0.15) is 5.75 Å². The van der Waals surface area contributed by atoms with E-state index >= 15 is 0 Å². The van der Waals surface area contributed by atoms with Crippen LogP contribution in [0.15, 0.2) is 24.3 Å². The van der Waals surface area contributed by atoms with Gasteiger partial charge in [-0.1, -0.05) is 12.1 Å². The fraction of sp³-hybridized carbons (Fsp3) is 0.533. The summed E-state index contributed by atoms with van der Waals surface area (Å²) in [6, 6.07) is 7.78. The summed E-state index contributed by atoms with van der Waals surface area (Å²) < 4.78 is 9.96. The Morgan fingerprint density at radius 1 is 1.45 bits per heavy atom. The molecular weight excluding hydrogens is 258 g/mol. The number of aliphatic hydroxyl groups is 1. The van der Waals surface area contributed by atoms with Crippen molar-refractivity contribution in [2.45, 2.75) is 32.4 Å². The summed E-state index contributed by atoms with van der Waals surface area (Å²) in [6.07, 6.45) is -0.742. The first-order valence-electron chi connectivity index (χ1n) is 6.77. The number of hydrogen-bond donors (Lipinski definition) is 2. The predicted octanol–water partition coefficient (Wildman–Crippen LogP) is 1.66. The first-order valence-corrected chi connectivity index (χ1v) is 6.77. The Labute approximate surface area is 119 Å². The molecule has 5 nitrogen and oxygen atoms in total. The first-order chi connectivity index (χ1) is 9.56. The van der Waals surface area contributed by atoms with Gasteiger partial charge in [0.25, 0.3) is 0 Å². The van der Waals surface area contributed by atoms with Crippen molar-refractivity contribution in [2.75, 3.05) is 20.3 Å². The summed E-state index contributed by atoms with van der Waals surface area (Å²) >= 11 is 0. The minimum atomic E-state index is -0.748. The zero-order valence-electron chi connectivity index (χ0n) is 12.3. The molecule has 0 aromatic heterocycles. The van der Waals surface area contributed by atoms with Crippen molar-refractivity contribution < 1.29 is 19.4 Å². The number of methoxy groups -OCH3 is 1. The second-order valence-electron chi connectivity index (χ2n) is 4.57. The lowest BCUT2D eigenvalue weighted by atomic mass is 10.1. The average molecular weight is 281 g/mol. The van der Waals surface area contributed by atoms with Crippen molar-refractivity contribution in [3.05, 3.63) is 29.8 Å². The number of ether oxygens (including phenoxy) is 2. The lowest BCUT2D eigenvalue weighted by Crippen LogP contribution is -2.31. The maximum Gasteiger partial charge on any atom is 0.308 e. The van der Waals surface area contributed by atoms with Crippen LogP contribution >= 0.6 is 0 Å². The van der Waals surface area contributed by atoms with E-state index < -0.39 is 6.10 Å². The van der Waals surface area contributed by atoms with Crippen LogP contribution in [-0.4, -0.2) is 37.4 Å². The third kappa shape index (κ3) is 5.59. The standard InChI is InChI=1S/C15H23NO4/c1-4-20-15(18)9-13(17)10-16-11(2)12-6-5-7-14(8-12)19-3/h5-8,11,13,16-17H,4,9-10H2,1-3H3/t11-,13?/m0/s1. The molecule has 20 heavy (non-hydrogen) atoms. The Morgan fingerprint density at radius 2 is 2.20 bits per heavy atom. The van der Waals surface area contributed by atoms with Gasteiger partial charge < -0.3 is 19.9 Å². The Hall–Kier alpha value is -1.59. The van der Waals surface area contributed by atoms with Crippen LogP contribution < -0.4 is 10.1 Å². The van der Waals surface area contributed by atoms with Gasteiger partial charge in [0.2, 0.25) is 0 Å². The van der Waals surface area contributed by atoms with E-state index in [9.17, 15) is 9.90 Å². The molecule has 0 aliphatic heterocycles. The van der Waals surface area contributed by atoms with E-state index in [1.54, 1.807) is 14.0 Å². The highest BCUT2D eigenvalue weighted by Gasteiger charge is 2.13. The number of aliphatic hydroxyl groups excluding tert-OH is 1. The maximum absolute atomic E-state index is 11.2. The fourth-order valence-corrected chi connectivity index (χ4v) is 1.83. The zero-order valence-corrected chi connectivity index (χ0v) is 12.3. The topological polar surface area (TPSA) is 67.8 Å². The lowest BCUT2D eigenvalue weighted by molar-refractivity contribution is -0.145. The van der Waals surface area contributed by atoms with E-state index in [0.29, 0.717) is 13.2 Å². The molecule has 0 saturated heterocycles. The van der Waals surface area contributed by atoms with Crippen molar-refractivity contribution in [2.24, 2.45) is 0 Å². The minimum Gasteiger partial charge on any atom is -0.497 e. The van der Waals surface area contributed by atoms with Gasteiger partial charge in [-0.15, -0.1) is 0 Å². The number of nitrogens with one attached hydrogen (secondary N) is 1. The van der Waals surface area contributed by atoms with Crippen LogP contribution in [0.5, 0.6) is 5.75 Å². The molecule has 1 aromatic carbocycles. The fourth-order valence-electron chi connectivity index (χ4n) is 1.83. The van der Waals surface area contributed by atoms with Gasteiger partial charge in [-0.25, -0.2) is 0 Å². The molecule has 0 aliphatic carbocycles. The van der Waals surface area contributed by atoms with Gasteiger partial charge in [-0.2, -0.15) is 0 Å². The van der Waals surface area contributed by atoms with Crippen molar-refractivity contribution >= 4 is 5.97 Å². The van der Waals surface area contributed by atoms with Crippen LogP contribution in [0.25, 0.3) is 0 Å². The van der Waals surface area contributed by atoms with Crippen molar-refractivity contribution in [3.63, 3.8) is 0 Å². The number of esters is 1. The van der Waals surface area contributed by atoms with E-state index in [2.05, 4.69) is 5.32 Å². The van der Waals surface area contributed by atoms with E-state index in [1.807, 2.05) is 31.2 Å². The van der Waals surface area contributed by atoms with Crippen LogP contribution in [0.3, 0.4) is 0 Å².